The number of carbonyl (C=O) groups is 1. The van der Waals surface area contributed by atoms with Crippen molar-refractivity contribution in [3.8, 4) is 11.5 Å². The van der Waals surface area contributed by atoms with Crippen molar-refractivity contribution in [2.75, 3.05) is 7.11 Å². The summed E-state index contributed by atoms with van der Waals surface area (Å²) in [6, 6.07) is 12.8. The first-order valence-electron chi connectivity index (χ1n) is 12.4. The van der Waals surface area contributed by atoms with Gasteiger partial charge in [0.2, 0.25) is 0 Å². The Balaban J connectivity index is 1.38. The van der Waals surface area contributed by atoms with Crippen LogP contribution in [0.1, 0.15) is 50.5 Å². The zero-order valence-electron chi connectivity index (χ0n) is 21.1. The van der Waals surface area contributed by atoms with Crippen molar-refractivity contribution in [3.05, 3.63) is 95.2 Å². The van der Waals surface area contributed by atoms with Gasteiger partial charge in [-0.2, -0.15) is 0 Å². The average molecular weight is 695 g/mol. The van der Waals surface area contributed by atoms with Gasteiger partial charge in [0.15, 0.2) is 11.5 Å². The van der Waals surface area contributed by atoms with Crippen molar-refractivity contribution in [1.82, 2.24) is 5.32 Å². The number of nitrogens with one attached hydrogen (secondary N) is 1. The molecule has 10 heteroatoms. The number of nitrogens with zero attached hydrogens (tertiary/aromatic N) is 1. The highest BCUT2D eigenvalue weighted by molar-refractivity contribution is 14.1. The van der Waals surface area contributed by atoms with E-state index in [0.717, 1.165) is 45.9 Å². The molecule has 202 valence electrons. The average Bonchev–Trinajstić information content (AvgIpc) is 3.58. The third-order valence-corrected chi connectivity index (χ3v) is 8.94. The monoisotopic (exact) mass is 694 g/mol. The highest BCUT2D eigenvalue weighted by Gasteiger charge is 2.25. The molecule has 0 fully saturated rings. The Labute approximate surface area is 254 Å². The molecule has 6 nitrogen and oxygen atoms in total. The number of thiophene rings is 1. The van der Waals surface area contributed by atoms with E-state index in [9.17, 15) is 4.79 Å². The number of fused-ring (bicyclic) bond motifs is 1. The number of rotatable bonds is 9. The van der Waals surface area contributed by atoms with Crippen LogP contribution in [0.25, 0.3) is 0 Å². The second kappa shape index (κ2) is 12.8. The Bertz CT molecular complexity index is 1520. The van der Waals surface area contributed by atoms with E-state index >= 15 is 0 Å². The van der Waals surface area contributed by atoms with Gasteiger partial charge in [-0.25, -0.2) is 4.99 Å². The Hall–Kier alpha value is -2.53. The van der Waals surface area contributed by atoms with Gasteiger partial charge in [0.1, 0.15) is 17.4 Å². The third kappa shape index (κ3) is 6.62. The Morgan fingerprint density at radius 3 is 2.82 bits per heavy atom. The van der Waals surface area contributed by atoms with E-state index in [-0.39, 0.29) is 12.5 Å². The highest BCUT2D eigenvalue weighted by Crippen LogP contribution is 2.40. The number of methoxy groups -OCH3 is 1. The lowest BCUT2D eigenvalue weighted by Crippen LogP contribution is -2.23. The topological polar surface area (TPSA) is 73.1 Å². The van der Waals surface area contributed by atoms with Gasteiger partial charge in [-0.05, 0) is 95.8 Å². The molecule has 0 radical (unpaired) electrons. The molecule has 2 aromatic heterocycles. The molecule has 1 aliphatic carbocycles. The summed E-state index contributed by atoms with van der Waals surface area (Å²) in [7, 11) is 1.60. The van der Waals surface area contributed by atoms with Crippen LogP contribution < -0.4 is 14.8 Å². The lowest BCUT2D eigenvalue weighted by molar-refractivity contribution is 0.0948. The fourth-order valence-electron chi connectivity index (χ4n) is 4.42. The van der Waals surface area contributed by atoms with Gasteiger partial charge in [0.25, 0.3) is 5.91 Å². The molecule has 0 aliphatic heterocycles. The van der Waals surface area contributed by atoms with Crippen LogP contribution in [0.3, 0.4) is 0 Å². The molecule has 5 rings (SSSR count). The van der Waals surface area contributed by atoms with Crippen LogP contribution in [-0.4, -0.2) is 19.2 Å². The minimum absolute atomic E-state index is 0.130. The lowest BCUT2D eigenvalue weighted by Gasteiger charge is -2.14. The van der Waals surface area contributed by atoms with E-state index in [1.54, 1.807) is 43.1 Å². The van der Waals surface area contributed by atoms with E-state index in [2.05, 4.69) is 27.9 Å². The summed E-state index contributed by atoms with van der Waals surface area (Å²) in [4.78, 5) is 19.3. The largest absolute Gasteiger partial charge is 0.493 e. The number of furan rings is 1. The molecule has 0 saturated heterocycles. The number of hydrogen-bond donors (Lipinski definition) is 1. The van der Waals surface area contributed by atoms with Crippen LogP contribution >= 0.6 is 57.1 Å². The zero-order chi connectivity index (χ0) is 27.4. The summed E-state index contributed by atoms with van der Waals surface area (Å²) >= 11 is 16.1. The van der Waals surface area contributed by atoms with Crippen LogP contribution in [0.5, 0.6) is 11.5 Å². The number of amides is 1. The van der Waals surface area contributed by atoms with E-state index in [4.69, 9.17) is 42.1 Å². The SMILES string of the molecule is COc1cc(C=Nc2sc3c(c2C(=O)NCc2ccco2)CCCC3)cc(I)c1OCc1ccc(Cl)cc1Cl. The number of aryl methyl sites for hydroxylation is 1. The first kappa shape index (κ1) is 28.0. The van der Waals surface area contributed by atoms with E-state index < -0.39 is 0 Å². The minimum Gasteiger partial charge on any atom is -0.493 e. The first-order valence-corrected chi connectivity index (χ1v) is 15.0. The maximum absolute atomic E-state index is 13.3. The molecule has 0 unspecified atom stereocenters. The summed E-state index contributed by atoms with van der Waals surface area (Å²) < 4.78 is 17.9. The second-order valence-corrected chi connectivity index (χ2v) is 12.1. The molecular weight excluding hydrogens is 670 g/mol. The number of carbonyl (C=O) groups excluding carboxylic acids is 1. The van der Waals surface area contributed by atoms with E-state index in [1.807, 2.05) is 30.3 Å². The maximum Gasteiger partial charge on any atom is 0.255 e. The molecule has 2 aromatic carbocycles. The summed E-state index contributed by atoms with van der Waals surface area (Å²) in [5.41, 5.74) is 3.44. The van der Waals surface area contributed by atoms with Crippen LogP contribution in [0.4, 0.5) is 5.00 Å². The first-order chi connectivity index (χ1) is 18.9. The fraction of sp³-hybridized carbons (Fsp3) is 0.241. The predicted molar refractivity (Wildman–Crippen MR) is 165 cm³/mol. The molecule has 2 heterocycles. The number of aliphatic imine (C=N–C) groups is 1. The molecule has 4 aromatic rings. The predicted octanol–water partition coefficient (Wildman–Crippen LogP) is 8.40. The molecule has 0 spiro atoms. The maximum atomic E-state index is 13.3. The van der Waals surface area contributed by atoms with Crippen molar-refractivity contribution < 1.29 is 18.7 Å². The van der Waals surface area contributed by atoms with E-state index in [0.29, 0.717) is 44.4 Å². The molecule has 0 saturated carbocycles. The Morgan fingerprint density at radius 2 is 2.05 bits per heavy atom. The van der Waals surface area contributed by atoms with Crippen molar-refractivity contribution >= 4 is 74.3 Å². The lowest BCUT2D eigenvalue weighted by atomic mass is 9.95. The van der Waals surface area contributed by atoms with Gasteiger partial charge in [0, 0.05) is 26.7 Å². The third-order valence-electron chi connectivity index (χ3n) is 6.35. The standard InChI is InChI=1S/C29H25Cl2IN2O4S/c1-36-24-12-17(11-23(32)27(24)38-16-18-8-9-19(30)13-22(18)31)14-34-29-26(21-6-2-3-7-25(21)39-29)28(35)33-15-20-5-4-10-37-20/h4-5,8-14H,2-3,6-7,15-16H2,1H3,(H,33,35). The Kier molecular flexibility index (Phi) is 9.17. The zero-order valence-corrected chi connectivity index (χ0v) is 25.5. The number of benzene rings is 2. The number of ether oxygens (including phenoxy) is 2. The van der Waals surface area contributed by atoms with Crippen LogP contribution in [0.2, 0.25) is 10.0 Å². The fourth-order valence-corrected chi connectivity index (χ4v) is 6.90. The van der Waals surface area contributed by atoms with Crippen molar-refractivity contribution in [1.29, 1.82) is 0 Å². The van der Waals surface area contributed by atoms with Crippen LogP contribution in [0, 0.1) is 3.57 Å². The molecular formula is C29H25Cl2IN2O4S. The molecule has 1 N–H and O–H groups in total. The summed E-state index contributed by atoms with van der Waals surface area (Å²) in [6.07, 6.45) is 7.43. The van der Waals surface area contributed by atoms with Gasteiger partial charge in [0.05, 0.1) is 29.1 Å². The quantitative estimate of drug-likeness (QED) is 0.141. The van der Waals surface area contributed by atoms with Gasteiger partial charge in [-0.1, -0.05) is 29.3 Å². The molecule has 1 aliphatic rings. The van der Waals surface area contributed by atoms with E-state index in [1.165, 1.54) is 4.88 Å². The Morgan fingerprint density at radius 1 is 1.21 bits per heavy atom. The number of hydrogen-bond acceptors (Lipinski definition) is 6. The molecule has 0 atom stereocenters. The molecule has 0 bridgehead atoms. The normalized spacial score (nSPS) is 12.9. The molecule has 1 amide bonds. The van der Waals surface area contributed by atoms with Gasteiger partial charge in [-0.3, -0.25) is 4.79 Å². The van der Waals surface area contributed by atoms with Crippen molar-refractivity contribution in [2.45, 2.75) is 38.8 Å². The van der Waals surface area contributed by atoms with Crippen molar-refractivity contribution in [2.24, 2.45) is 4.99 Å². The summed E-state index contributed by atoms with van der Waals surface area (Å²) in [6.45, 7) is 0.602. The second-order valence-electron chi connectivity index (χ2n) is 8.97. The highest BCUT2D eigenvalue weighted by atomic mass is 127. The summed E-state index contributed by atoms with van der Waals surface area (Å²) in [5, 5.41) is 4.82. The smallest absolute Gasteiger partial charge is 0.255 e. The van der Waals surface area contributed by atoms with Crippen molar-refractivity contribution in [3.63, 3.8) is 0 Å². The van der Waals surface area contributed by atoms with Gasteiger partial charge < -0.3 is 19.2 Å². The van der Waals surface area contributed by atoms with Gasteiger partial charge >= 0.3 is 0 Å². The number of halogens is 3. The molecule has 39 heavy (non-hydrogen) atoms. The summed E-state index contributed by atoms with van der Waals surface area (Å²) in [5.74, 6) is 1.77. The van der Waals surface area contributed by atoms with Gasteiger partial charge in [-0.15, -0.1) is 11.3 Å². The van der Waals surface area contributed by atoms with Crippen LogP contribution in [-0.2, 0) is 26.0 Å². The van der Waals surface area contributed by atoms with Crippen LogP contribution in [0.15, 0.2) is 58.1 Å². The minimum atomic E-state index is -0.130.